The van der Waals surface area contributed by atoms with Crippen LogP contribution in [-0.2, 0) is 21.1 Å². The van der Waals surface area contributed by atoms with Crippen LogP contribution in [0.5, 0.6) is 17.2 Å². The second-order valence-corrected chi connectivity index (χ2v) is 11.8. The number of carbonyl (C=O) groups is 2. The third kappa shape index (κ3) is 6.74. The fourth-order valence-corrected chi connectivity index (χ4v) is 7.03. The topological polar surface area (TPSA) is 112 Å². The number of aryl methyl sites for hydroxylation is 1. The molecule has 0 spiro atoms. The maximum absolute atomic E-state index is 14.1. The van der Waals surface area contributed by atoms with Gasteiger partial charge in [0.05, 0.1) is 26.6 Å². The van der Waals surface area contributed by atoms with Crippen molar-refractivity contribution < 1.29 is 32.2 Å². The average Bonchev–Trinajstić information content (AvgIpc) is 2.97. The van der Waals surface area contributed by atoms with Gasteiger partial charge in [0.25, 0.3) is 11.7 Å². The van der Waals surface area contributed by atoms with Gasteiger partial charge in [-0.15, -0.1) is 0 Å². The number of amides is 1. The monoisotopic (exact) mass is 588 g/mol. The zero-order valence-corrected chi connectivity index (χ0v) is 24.7. The van der Waals surface area contributed by atoms with Crippen LogP contribution in [0.1, 0.15) is 46.5 Å². The number of hydrogen-bond donors (Lipinski definition) is 0. The van der Waals surface area contributed by atoms with Crippen LogP contribution in [0.15, 0.2) is 60.9 Å². The van der Waals surface area contributed by atoms with Crippen LogP contribution >= 0.6 is 11.6 Å². The van der Waals surface area contributed by atoms with E-state index < -0.39 is 32.2 Å². The number of pyridine rings is 1. The van der Waals surface area contributed by atoms with Gasteiger partial charge in [0.15, 0.2) is 21.3 Å². The Morgan fingerprint density at radius 2 is 1.62 bits per heavy atom. The largest absolute Gasteiger partial charge is 0.493 e. The molecule has 0 aliphatic rings. The van der Waals surface area contributed by atoms with Crippen molar-refractivity contribution in [2.24, 2.45) is 0 Å². The summed E-state index contributed by atoms with van der Waals surface area (Å²) in [6, 6.07) is 13.1. The van der Waals surface area contributed by atoms with E-state index in [4.69, 9.17) is 25.8 Å². The van der Waals surface area contributed by atoms with Crippen molar-refractivity contribution in [1.29, 1.82) is 0 Å². The number of ether oxygens (including phenoxy) is 3. The first-order valence-electron chi connectivity index (χ1n) is 12.6. The summed E-state index contributed by atoms with van der Waals surface area (Å²) in [6.07, 6.45) is 3.72. The molecule has 0 bridgehead atoms. The Morgan fingerprint density at radius 3 is 2.12 bits per heavy atom. The maximum Gasteiger partial charge on any atom is 0.295 e. The number of Topliss-reactive ketones (excluding diaryl/α,β-unsaturated/α-hetero) is 1. The molecule has 9 nitrogen and oxygen atoms in total. The molecule has 2 aromatic carbocycles. The van der Waals surface area contributed by atoms with Crippen molar-refractivity contribution in [3.63, 3.8) is 0 Å². The molecule has 1 heterocycles. The van der Waals surface area contributed by atoms with Crippen molar-refractivity contribution in [3.05, 3.63) is 82.6 Å². The minimum absolute atomic E-state index is 0.0282. The highest BCUT2D eigenvalue weighted by atomic mass is 35.5. The highest BCUT2D eigenvalue weighted by Crippen LogP contribution is 2.38. The van der Waals surface area contributed by atoms with Crippen LogP contribution < -0.4 is 14.2 Å². The lowest BCUT2D eigenvalue weighted by Crippen LogP contribution is -2.47. The van der Waals surface area contributed by atoms with Crippen LogP contribution in [-0.4, -0.2) is 63.7 Å². The van der Waals surface area contributed by atoms with Gasteiger partial charge in [-0.1, -0.05) is 36.7 Å². The molecule has 0 saturated carbocycles. The number of aromatic nitrogens is 1. The van der Waals surface area contributed by atoms with Crippen LogP contribution in [0.3, 0.4) is 0 Å². The first-order chi connectivity index (χ1) is 19.1. The smallest absolute Gasteiger partial charge is 0.295 e. The van der Waals surface area contributed by atoms with E-state index in [1.165, 1.54) is 46.7 Å². The number of benzene rings is 2. The molecule has 1 amide bonds. The molecule has 3 aromatic rings. The first kappa shape index (κ1) is 30.9. The number of sulfone groups is 1. The fourth-order valence-electron chi connectivity index (χ4n) is 4.56. The number of hydrogen-bond acceptors (Lipinski definition) is 8. The first-order valence-corrected chi connectivity index (χ1v) is 14.6. The van der Waals surface area contributed by atoms with Gasteiger partial charge in [0.2, 0.25) is 5.75 Å². The standard InChI is InChI=1S/C29H33ClN2O7S/c1-6-25(20-8-7-15-31-18-20)40(35,36)26(14-11-19-9-12-22(30)13-10-19)32(2)29(34)27(33)21-16-23(37-3)28(39-5)24(17-21)38-4/h7-10,12-13,15-18,25-26H,6,11,14H2,1-5H3. The molecule has 0 aliphatic heterocycles. The summed E-state index contributed by atoms with van der Waals surface area (Å²) >= 11 is 6.00. The van der Waals surface area contributed by atoms with Crippen molar-refractivity contribution in [2.45, 2.75) is 36.8 Å². The lowest BCUT2D eigenvalue weighted by atomic mass is 10.1. The van der Waals surface area contributed by atoms with Crippen LogP contribution in [0.2, 0.25) is 5.02 Å². The zero-order chi connectivity index (χ0) is 29.4. The molecule has 0 saturated heterocycles. The SMILES string of the molecule is CCC(c1cccnc1)S(=O)(=O)C(CCc1ccc(Cl)cc1)N(C)C(=O)C(=O)c1cc(OC)c(OC)c(OC)c1. The van der Waals surface area contributed by atoms with E-state index in [-0.39, 0.29) is 35.7 Å². The van der Waals surface area contributed by atoms with Crippen molar-refractivity contribution >= 4 is 33.1 Å². The van der Waals surface area contributed by atoms with Gasteiger partial charge in [0, 0.05) is 30.0 Å². The maximum atomic E-state index is 14.1. The number of halogens is 1. The Labute approximate surface area is 239 Å². The molecule has 0 fully saturated rings. The number of carbonyl (C=O) groups excluding carboxylic acids is 2. The van der Waals surface area contributed by atoms with Gasteiger partial charge < -0.3 is 19.1 Å². The summed E-state index contributed by atoms with van der Waals surface area (Å²) in [5, 5.41) is -1.67. The predicted molar refractivity (Wildman–Crippen MR) is 153 cm³/mol. The molecule has 40 heavy (non-hydrogen) atoms. The number of ketones is 1. The fraction of sp³-hybridized carbons (Fsp3) is 0.345. The molecular weight excluding hydrogens is 556 g/mol. The lowest BCUT2D eigenvalue weighted by molar-refractivity contribution is -0.126. The van der Waals surface area contributed by atoms with Crippen molar-refractivity contribution in [2.75, 3.05) is 28.4 Å². The minimum Gasteiger partial charge on any atom is -0.493 e. The van der Waals surface area contributed by atoms with Crippen LogP contribution in [0.25, 0.3) is 0 Å². The van der Waals surface area contributed by atoms with E-state index in [1.54, 1.807) is 49.5 Å². The number of rotatable bonds is 13. The number of nitrogens with zero attached hydrogens (tertiary/aromatic N) is 2. The van der Waals surface area contributed by atoms with Gasteiger partial charge in [0.1, 0.15) is 5.37 Å². The van der Waals surface area contributed by atoms with Gasteiger partial charge >= 0.3 is 0 Å². The Hall–Kier alpha value is -3.63. The van der Waals surface area contributed by atoms with Gasteiger partial charge in [-0.25, -0.2) is 8.42 Å². The predicted octanol–water partition coefficient (Wildman–Crippen LogP) is 4.93. The van der Waals surface area contributed by atoms with E-state index in [9.17, 15) is 18.0 Å². The van der Waals surface area contributed by atoms with Gasteiger partial charge in [-0.2, -0.15) is 0 Å². The van der Waals surface area contributed by atoms with E-state index >= 15 is 0 Å². The minimum atomic E-state index is -4.02. The quantitative estimate of drug-likeness (QED) is 0.204. The van der Waals surface area contributed by atoms with Crippen LogP contribution in [0.4, 0.5) is 0 Å². The summed E-state index contributed by atoms with van der Waals surface area (Å²) in [6.45, 7) is 1.76. The normalized spacial score (nSPS) is 12.8. The molecule has 0 N–H and O–H groups in total. The molecule has 0 radical (unpaired) electrons. The number of likely N-dealkylation sites (N-methyl/N-ethyl adjacent to an activating group) is 1. The van der Waals surface area contributed by atoms with Gasteiger partial charge in [-0.05, 0) is 60.7 Å². The zero-order valence-electron chi connectivity index (χ0n) is 23.1. The summed E-state index contributed by atoms with van der Waals surface area (Å²) in [5.41, 5.74) is 1.33. The lowest BCUT2D eigenvalue weighted by Gasteiger charge is -2.31. The second kappa shape index (κ2) is 13.6. The number of methoxy groups -OCH3 is 3. The summed E-state index contributed by atoms with van der Waals surface area (Å²) < 4.78 is 44.1. The summed E-state index contributed by atoms with van der Waals surface area (Å²) in [5.74, 6) is -1.26. The van der Waals surface area contributed by atoms with Crippen LogP contribution in [0, 0.1) is 0 Å². The third-order valence-corrected chi connectivity index (χ3v) is 9.63. The molecule has 11 heteroatoms. The van der Waals surface area contributed by atoms with E-state index in [2.05, 4.69) is 4.98 Å². The molecular formula is C29H33ClN2O7S. The third-order valence-electron chi connectivity index (χ3n) is 6.67. The molecule has 2 unspecified atom stereocenters. The van der Waals surface area contributed by atoms with Gasteiger partial charge in [-0.3, -0.25) is 14.6 Å². The van der Waals surface area contributed by atoms with E-state index in [0.717, 1.165) is 10.5 Å². The summed E-state index contributed by atoms with van der Waals surface area (Å²) in [7, 11) is 1.51. The van der Waals surface area contributed by atoms with E-state index in [1.807, 2.05) is 0 Å². The Kier molecular flexibility index (Phi) is 10.5. The molecule has 3 rings (SSSR count). The molecule has 2 atom stereocenters. The molecule has 214 valence electrons. The highest BCUT2D eigenvalue weighted by molar-refractivity contribution is 7.92. The van der Waals surface area contributed by atoms with Crippen molar-refractivity contribution in [3.8, 4) is 17.2 Å². The average molecular weight is 589 g/mol. The highest BCUT2D eigenvalue weighted by Gasteiger charge is 2.40. The Balaban J connectivity index is 2.01. The Morgan fingerprint density at radius 1 is 1.00 bits per heavy atom. The van der Waals surface area contributed by atoms with E-state index in [0.29, 0.717) is 17.0 Å². The Bertz CT molecular complexity index is 1410. The molecule has 1 aromatic heterocycles. The summed E-state index contributed by atoms with van der Waals surface area (Å²) in [4.78, 5) is 32.1. The second-order valence-electron chi connectivity index (χ2n) is 9.05. The van der Waals surface area contributed by atoms with Crippen molar-refractivity contribution in [1.82, 2.24) is 9.88 Å². The molecule has 0 aliphatic carbocycles.